The van der Waals surface area contributed by atoms with Crippen molar-refractivity contribution in [2.45, 2.75) is 26.8 Å². The maximum atomic E-state index is 6.13. The maximum absolute atomic E-state index is 6.13. The summed E-state index contributed by atoms with van der Waals surface area (Å²) in [6, 6.07) is 8.40. The Hall–Kier alpha value is -2.07. The third-order valence-corrected chi connectivity index (χ3v) is 3.82. The van der Waals surface area contributed by atoms with E-state index in [9.17, 15) is 0 Å². The minimum absolute atomic E-state index is 0.0375. The zero-order chi connectivity index (χ0) is 15.0. The predicted molar refractivity (Wildman–Crippen MR) is 84.4 cm³/mol. The molecule has 0 fully saturated rings. The molecule has 0 aliphatic heterocycles. The molecule has 0 saturated heterocycles. The normalized spacial score (nSPS) is 13.0. The highest BCUT2D eigenvalue weighted by Crippen LogP contribution is 2.30. The maximum Gasteiger partial charge on any atom is 0.137 e. The van der Waals surface area contributed by atoms with E-state index in [4.69, 9.17) is 4.42 Å². The molecule has 1 N–H and O–H groups in total. The quantitative estimate of drug-likeness (QED) is 0.797. The van der Waals surface area contributed by atoms with E-state index in [1.54, 1.807) is 0 Å². The van der Waals surface area contributed by atoms with Crippen LogP contribution in [0, 0.1) is 13.8 Å². The molecule has 110 valence electrons. The molecule has 2 heterocycles. The van der Waals surface area contributed by atoms with Crippen LogP contribution in [0.1, 0.15) is 35.5 Å². The second-order valence-corrected chi connectivity index (χ2v) is 5.48. The highest BCUT2D eigenvalue weighted by molar-refractivity contribution is 5.81. The fraction of sp³-hybridized carbons (Fsp3) is 0.353. The summed E-state index contributed by atoms with van der Waals surface area (Å²) in [5, 5.41) is 9.10. The Morgan fingerprint density at radius 1 is 1.33 bits per heavy atom. The summed E-state index contributed by atoms with van der Waals surface area (Å²) in [6.45, 7) is 7.09. The van der Waals surface area contributed by atoms with Crippen LogP contribution < -0.4 is 5.32 Å². The molecular formula is C17H21N3O. The van der Waals surface area contributed by atoms with Crippen LogP contribution in [0.5, 0.6) is 0 Å². The number of fused-ring (bicyclic) bond motifs is 1. The first-order chi connectivity index (χ1) is 10.1. The molecule has 0 saturated carbocycles. The number of rotatable bonds is 4. The molecule has 21 heavy (non-hydrogen) atoms. The Morgan fingerprint density at radius 3 is 2.76 bits per heavy atom. The largest absolute Gasteiger partial charge is 0.459 e. The monoisotopic (exact) mass is 283 g/mol. The fourth-order valence-electron chi connectivity index (χ4n) is 2.84. The zero-order valence-corrected chi connectivity index (χ0v) is 13.0. The number of nitrogens with one attached hydrogen (secondary N) is 1. The first-order valence-corrected chi connectivity index (χ1v) is 7.32. The van der Waals surface area contributed by atoms with E-state index in [1.165, 1.54) is 0 Å². The molecule has 1 unspecified atom stereocenters. The van der Waals surface area contributed by atoms with Crippen molar-refractivity contribution in [1.29, 1.82) is 0 Å². The van der Waals surface area contributed by atoms with E-state index in [0.29, 0.717) is 0 Å². The Labute approximate surface area is 124 Å². The lowest BCUT2D eigenvalue weighted by atomic mass is 10.1. The van der Waals surface area contributed by atoms with Gasteiger partial charge in [-0.1, -0.05) is 25.1 Å². The summed E-state index contributed by atoms with van der Waals surface area (Å²) >= 11 is 0. The van der Waals surface area contributed by atoms with Crippen LogP contribution in [0.25, 0.3) is 11.0 Å². The van der Waals surface area contributed by atoms with E-state index < -0.39 is 0 Å². The lowest BCUT2D eigenvalue weighted by Crippen LogP contribution is -2.21. The van der Waals surface area contributed by atoms with Crippen molar-refractivity contribution in [2.75, 3.05) is 6.54 Å². The second-order valence-electron chi connectivity index (χ2n) is 5.48. The molecule has 0 bridgehead atoms. The molecule has 4 nitrogen and oxygen atoms in total. The average Bonchev–Trinajstić information content (AvgIpc) is 3.00. The number of furan rings is 1. The van der Waals surface area contributed by atoms with Crippen molar-refractivity contribution in [3.8, 4) is 0 Å². The van der Waals surface area contributed by atoms with Gasteiger partial charge in [-0.05, 0) is 32.0 Å². The first kappa shape index (κ1) is 13.9. The van der Waals surface area contributed by atoms with Gasteiger partial charge in [-0.2, -0.15) is 5.10 Å². The van der Waals surface area contributed by atoms with Crippen LogP contribution in [0.3, 0.4) is 0 Å². The fourth-order valence-corrected chi connectivity index (χ4v) is 2.84. The molecule has 0 aliphatic carbocycles. The van der Waals surface area contributed by atoms with E-state index >= 15 is 0 Å². The Balaban J connectivity index is 2.11. The Kier molecular flexibility index (Phi) is 3.55. The number of hydrogen-bond donors (Lipinski definition) is 1. The van der Waals surface area contributed by atoms with Crippen LogP contribution in [-0.2, 0) is 7.05 Å². The van der Waals surface area contributed by atoms with E-state index in [0.717, 1.165) is 40.1 Å². The van der Waals surface area contributed by atoms with Crippen LogP contribution in [0.4, 0.5) is 0 Å². The van der Waals surface area contributed by atoms with Gasteiger partial charge in [0, 0.05) is 24.2 Å². The van der Waals surface area contributed by atoms with Crippen LogP contribution >= 0.6 is 0 Å². The van der Waals surface area contributed by atoms with Crippen molar-refractivity contribution in [1.82, 2.24) is 15.1 Å². The Bertz CT molecular complexity index is 770. The smallest absolute Gasteiger partial charge is 0.137 e. The van der Waals surface area contributed by atoms with Crippen molar-refractivity contribution < 1.29 is 4.42 Å². The molecule has 2 aromatic heterocycles. The molecule has 0 aliphatic rings. The van der Waals surface area contributed by atoms with E-state index in [1.807, 2.05) is 18.7 Å². The summed E-state index contributed by atoms with van der Waals surface area (Å²) in [6.07, 6.45) is 2.06. The summed E-state index contributed by atoms with van der Waals surface area (Å²) in [5.41, 5.74) is 4.32. The van der Waals surface area contributed by atoms with Gasteiger partial charge in [0.25, 0.3) is 0 Å². The minimum Gasteiger partial charge on any atom is -0.459 e. The molecule has 4 heteroatoms. The van der Waals surface area contributed by atoms with E-state index in [2.05, 4.69) is 54.7 Å². The number of benzene rings is 1. The van der Waals surface area contributed by atoms with Gasteiger partial charge in [-0.25, -0.2) is 0 Å². The number of nitrogens with zero attached hydrogens (tertiary/aromatic N) is 2. The van der Waals surface area contributed by atoms with Gasteiger partial charge >= 0.3 is 0 Å². The lowest BCUT2D eigenvalue weighted by Gasteiger charge is -2.14. The topological polar surface area (TPSA) is 43.0 Å². The zero-order valence-electron chi connectivity index (χ0n) is 13.0. The van der Waals surface area contributed by atoms with E-state index in [-0.39, 0.29) is 6.04 Å². The van der Waals surface area contributed by atoms with Crippen molar-refractivity contribution >= 4 is 11.0 Å². The van der Waals surface area contributed by atoms with Gasteiger partial charge in [0.1, 0.15) is 11.3 Å². The van der Waals surface area contributed by atoms with Gasteiger partial charge in [0.05, 0.1) is 11.7 Å². The first-order valence-electron chi connectivity index (χ1n) is 7.32. The molecule has 3 aromatic rings. The van der Waals surface area contributed by atoms with Crippen LogP contribution in [0.15, 0.2) is 34.9 Å². The van der Waals surface area contributed by atoms with Crippen molar-refractivity contribution in [3.63, 3.8) is 0 Å². The van der Waals surface area contributed by atoms with Gasteiger partial charge in [-0.3, -0.25) is 4.68 Å². The highest BCUT2D eigenvalue weighted by Gasteiger charge is 2.21. The molecule has 0 radical (unpaired) electrons. The van der Waals surface area contributed by atoms with Gasteiger partial charge in [-0.15, -0.1) is 0 Å². The van der Waals surface area contributed by atoms with Crippen molar-refractivity contribution in [2.24, 2.45) is 7.05 Å². The van der Waals surface area contributed by atoms with Crippen LogP contribution in [0.2, 0.25) is 0 Å². The standard InChI is InChI=1S/C17H21N3O/c1-5-18-16(14-10-20(4)19-12(14)3)15-9-13-8-6-7-11(2)17(13)21-15/h6-10,16,18H,5H2,1-4H3. The number of para-hydroxylation sites is 1. The number of aromatic nitrogens is 2. The third kappa shape index (κ3) is 2.47. The molecular weight excluding hydrogens is 262 g/mol. The predicted octanol–water partition coefficient (Wildman–Crippen LogP) is 3.48. The molecule has 0 amide bonds. The van der Waals surface area contributed by atoms with Crippen LogP contribution in [-0.4, -0.2) is 16.3 Å². The molecule has 1 atom stereocenters. The summed E-state index contributed by atoms with van der Waals surface area (Å²) < 4.78 is 7.98. The summed E-state index contributed by atoms with van der Waals surface area (Å²) in [7, 11) is 1.95. The van der Waals surface area contributed by atoms with Gasteiger partial charge in [0.2, 0.25) is 0 Å². The summed E-state index contributed by atoms with van der Waals surface area (Å²) in [4.78, 5) is 0. The molecule has 1 aromatic carbocycles. The minimum atomic E-state index is 0.0375. The lowest BCUT2D eigenvalue weighted by molar-refractivity contribution is 0.475. The second kappa shape index (κ2) is 5.37. The molecule has 3 rings (SSSR count). The Morgan fingerprint density at radius 2 is 2.14 bits per heavy atom. The summed E-state index contributed by atoms with van der Waals surface area (Å²) in [5.74, 6) is 0.942. The highest BCUT2D eigenvalue weighted by atomic mass is 16.3. The van der Waals surface area contributed by atoms with Crippen molar-refractivity contribution in [3.05, 3.63) is 53.0 Å². The molecule has 0 spiro atoms. The van der Waals surface area contributed by atoms with Gasteiger partial charge < -0.3 is 9.73 Å². The average molecular weight is 283 g/mol. The number of aryl methyl sites for hydroxylation is 3. The number of hydrogen-bond acceptors (Lipinski definition) is 3. The third-order valence-electron chi connectivity index (χ3n) is 3.82. The van der Waals surface area contributed by atoms with Gasteiger partial charge in [0.15, 0.2) is 0 Å². The SMILES string of the molecule is CCNC(c1cc2cccc(C)c2o1)c1cn(C)nc1C.